The highest BCUT2D eigenvalue weighted by Gasteiger charge is 2.20. The molecule has 0 aromatic heterocycles. The summed E-state index contributed by atoms with van der Waals surface area (Å²) in [6, 6.07) is 4.79. The highest BCUT2D eigenvalue weighted by molar-refractivity contribution is 5.98. The minimum atomic E-state index is -0.0395. The van der Waals surface area contributed by atoms with E-state index in [1.54, 1.807) is 12.1 Å². The summed E-state index contributed by atoms with van der Waals surface area (Å²) in [4.78, 5) is 14.8. The fourth-order valence-electron chi connectivity index (χ4n) is 2.73. The van der Waals surface area contributed by atoms with Crippen molar-refractivity contribution < 1.29 is 14.6 Å². The van der Waals surface area contributed by atoms with Gasteiger partial charge in [-0.3, -0.25) is 4.79 Å². The van der Waals surface area contributed by atoms with Crippen molar-refractivity contribution in [2.24, 2.45) is 5.92 Å². The summed E-state index contributed by atoms with van der Waals surface area (Å²) in [7, 11) is 1.49. The number of carbonyl (C=O) groups is 1. The van der Waals surface area contributed by atoms with Crippen molar-refractivity contribution in [3.8, 4) is 11.5 Å². The van der Waals surface area contributed by atoms with E-state index in [1.807, 2.05) is 6.92 Å². The van der Waals surface area contributed by atoms with Crippen LogP contribution in [0.4, 0.5) is 0 Å². The van der Waals surface area contributed by atoms with Crippen molar-refractivity contribution in [2.75, 3.05) is 26.7 Å². The quantitative estimate of drug-likeness (QED) is 0.841. The summed E-state index contributed by atoms with van der Waals surface area (Å²) in [5.74, 6) is 0.477. The summed E-state index contributed by atoms with van der Waals surface area (Å²) in [5.41, 5.74) is 0.601. The van der Waals surface area contributed by atoms with Gasteiger partial charge in [-0.25, -0.2) is 0 Å². The van der Waals surface area contributed by atoms with Gasteiger partial charge < -0.3 is 14.7 Å². The van der Waals surface area contributed by atoms with Crippen LogP contribution in [0.1, 0.15) is 36.5 Å². The molecule has 0 saturated carbocycles. The number of carbonyl (C=O) groups excluding carboxylic acids is 1. The van der Waals surface area contributed by atoms with Crippen LogP contribution >= 0.6 is 0 Å². The Morgan fingerprint density at radius 3 is 2.70 bits per heavy atom. The molecule has 1 saturated heterocycles. The molecule has 0 amide bonds. The van der Waals surface area contributed by atoms with Gasteiger partial charge in [0.25, 0.3) is 0 Å². The monoisotopic (exact) mass is 277 g/mol. The van der Waals surface area contributed by atoms with Crippen LogP contribution in [0.2, 0.25) is 0 Å². The molecule has 1 aromatic rings. The number of ketones is 1. The van der Waals surface area contributed by atoms with Gasteiger partial charge in [-0.05, 0) is 44.1 Å². The Hall–Kier alpha value is -1.55. The summed E-state index contributed by atoms with van der Waals surface area (Å²) in [6.45, 7) is 4.96. The third-order valence-corrected chi connectivity index (χ3v) is 3.89. The van der Waals surface area contributed by atoms with Gasteiger partial charge >= 0.3 is 0 Å². The van der Waals surface area contributed by atoms with E-state index in [0.717, 1.165) is 19.6 Å². The number of hydrogen-bond donors (Lipinski definition) is 1. The highest BCUT2D eigenvalue weighted by Crippen LogP contribution is 2.27. The Kier molecular flexibility index (Phi) is 5.01. The van der Waals surface area contributed by atoms with Crippen molar-refractivity contribution in [1.82, 2.24) is 4.90 Å². The fraction of sp³-hybridized carbons (Fsp3) is 0.562. The molecule has 1 aromatic carbocycles. The first-order chi connectivity index (χ1) is 9.61. The molecule has 2 rings (SSSR count). The van der Waals surface area contributed by atoms with Gasteiger partial charge in [0.2, 0.25) is 0 Å². The maximum Gasteiger partial charge on any atom is 0.167 e. The molecule has 1 atom stereocenters. The number of methoxy groups -OCH3 is 1. The zero-order chi connectivity index (χ0) is 14.5. The second kappa shape index (κ2) is 6.75. The van der Waals surface area contributed by atoms with Gasteiger partial charge in [0, 0.05) is 18.0 Å². The fourth-order valence-corrected chi connectivity index (χ4v) is 2.73. The summed E-state index contributed by atoms with van der Waals surface area (Å²) in [5, 5.41) is 9.57. The van der Waals surface area contributed by atoms with E-state index in [-0.39, 0.29) is 17.5 Å². The number of Topliss-reactive ketones (excluding diaryl/α,β-unsaturated/α-hetero) is 1. The smallest absolute Gasteiger partial charge is 0.167 e. The van der Waals surface area contributed by atoms with E-state index < -0.39 is 0 Å². The summed E-state index contributed by atoms with van der Waals surface area (Å²) < 4.78 is 5.05. The number of benzene rings is 1. The number of likely N-dealkylation sites (tertiary alicyclic amines) is 1. The molecule has 4 heteroatoms. The summed E-state index contributed by atoms with van der Waals surface area (Å²) in [6.07, 6.45) is 3.76. The third kappa shape index (κ3) is 3.51. The van der Waals surface area contributed by atoms with Crippen LogP contribution in [0, 0.1) is 5.92 Å². The Bertz CT molecular complexity index is 467. The molecule has 1 fully saturated rings. The number of ether oxygens (including phenoxy) is 1. The van der Waals surface area contributed by atoms with E-state index in [4.69, 9.17) is 4.74 Å². The van der Waals surface area contributed by atoms with E-state index in [9.17, 15) is 9.90 Å². The van der Waals surface area contributed by atoms with Crippen LogP contribution in [-0.2, 0) is 0 Å². The molecule has 20 heavy (non-hydrogen) atoms. The lowest BCUT2D eigenvalue weighted by Gasteiger charge is -2.28. The SMILES string of the molecule is COc1cc(C(=O)C(C)CN2CCCCC2)ccc1O. The zero-order valence-electron chi connectivity index (χ0n) is 12.3. The van der Waals surface area contributed by atoms with E-state index >= 15 is 0 Å². The van der Waals surface area contributed by atoms with Crippen LogP contribution in [0.5, 0.6) is 11.5 Å². The van der Waals surface area contributed by atoms with Gasteiger partial charge in [-0.15, -0.1) is 0 Å². The molecule has 1 heterocycles. The van der Waals surface area contributed by atoms with Gasteiger partial charge in [-0.1, -0.05) is 13.3 Å². The van der Waals surface area contributed by atoms with E-state index in [2.05, 4.69) is 4.90 Å². The minimum Gasteiger partial charge on any atom is -0.504 e. The van der Waals surface area contributed by atoms with Crippen molar-refractivity contribution in [3.63, 3.8) is 0 Å². The number of phenols is 1. The lowest BCUT2D eigenvalue weighted by molar-refractivity contribution is 0.0883. The van der Waals surface area contributed by atoms with E-state index in [0.29, 0.717) is 11.3 Å². The topological polar surface area (TPSA) is 49.8 Å². The standard InChI is InChI=1S/C16H23NO3/c1-12(11-17-8-4-3-5-9-17)16(19)13-6-7-14(18)15(10-13)20-2/h6-7,10,12,18H,3-5,8-9,11H2,1-2H3. The Balaban J connectivity index is 2.02. The molecule has 1 N–H and O–H groups in total. The molecule has 4 nitrogen and oxygen atoms in total. The molecule has 110 valence electrons. The number of rotatable bonds is 5. The first-order valence-corrected chi connectivity index (χ1v) is 7.25. The van der Waals surface area contributed by atoms with Gasteiger partial charge in [-0.2, -0.15) is 0 Å². The van der Waals surface area contributed by atoms with E-state index in [1.165, 1.54) is 32.4 Å². The minimum absolute atomic E-state index is 0.0395. The molecule has 0 aliphatic carbocycles. The number of hydrogen-bond acceptors (Lipinski definition) is 4. The van der Waals surface area contributed by atoms with Crippen molar-refractivity contribution in [2.45, 2.75) is 26.2 Å². The maximum absolute atomic E-state index is 12.4. The molecular formula is C16H23NO3. The normalized spacial score (nSPS) is 17.7. The molecule has 0 spiro atoms. The molecule has 0 radical (unpaired) electrons. The summed E-state index contributed by atoms with van der Waals surface area (Å²) >= 11 is 0. The van der Waals surface area contributed by atoms with Crippen molar-refractivity contribution >= 4 is 5.78 Å². The lowest BCUT2D eigenvalue weighted by Crippen LogP contribution is -2.35. The maximum atomic E-state index is 12.4. The van der Waals surface area contributed by atoms with Crippen LogP contribution in [0.3, 0.4) is 0 Å². The van der Waals surface area contributed by atoms with Crippen molar-refractivity contribution in [1.29, 1.82) is 0 Å². The third-order valence-electron chi connectivity index (χ3n) is 3.89. The Morgan fingerprint density at radius 2 is 2.05 bits per heavy atom. The number of phenolic OH excluding ortho intramolecular Hbond substituents is 1. The van der Waals surface area contributed by atoms with Crippen LogP contribution in [0.25, 0.3) is 0 Å². The predicted octanol–water partition coefficient (Wildman–Crippen LogP) is 2.71. The largest absolute Gasteiger partial charge is 0.504 e. The van der Waals surface area contributed by atoms with Gasteiger partial charge in [0.05, 0.1) is 7.11 Å². The van der Waals surface area contributed by atoms with Crippen LogP contribution < -0.4 is 4.74 Å². The average Bonchev–Trinajstić information content (AvgIpc) is 2.48. The van der Waals surface area contributed by atoms with Gasteiger partial charge in [0.1, 0.15) is 0 Å². The average molecular weight is 277 g/mol. The van der Waals surface area contributed by atoms with Crippen LogP contribution in [0.15, 0.2) is 18.2 Å². The molecule has 1 aliphatic rings. The molecule has 0 bridgehead atoms. The first-order valence-electron chi connectivity index (χ1n) is 7.25. The Morgan fingerprint density at radius 1 is 1.35 bits per heavy atom. The first kappa shape index (κ1) is 14.9. The molecule has 1 aliphatic heterocycles. The number of aromatic hydroxyl groups is 1. The lowest BCUT2D eigenvalue weighted by atomic mass is 9.97. The Labute approximate surface area is 120 Å². The number of piperidine rings is 1. The highest BCUT2D eigenvalue weighted by atomic mass is 16.5. The van der Waals surface area contributed by atoms with Crippen molar-refractivity contribution in [3.05, 3.63) is 23.8 Å². The second-order valence-corrected chi connectivity index (χ2v) is 5.51. The number of nitrogens with zero attached hydrogens (tertiary/aromatic N) is 1. The van der Waals surface area contributed by atoms with Crippen LogP contribution in [-0.4, -0.2) is 42.5 Å². The predicted molar refractivity (Wildman–Crippen MR) is 78.4 cm³/mol. The van der Waals surface area contributed by atoms with Gasteiger partial charge in [0.15, 0.2) is 17.3 Å². The molecular weight excluding hydrogens is 254 g/mol. The second-order valence-electron chi connectivity index (χ2n) is 5.51. The molecule has 1 unspecified atom stereocenters. The zero-order valence-corrected chi connectivity index (χ0v) is 12.3.